The van der Waals surface area contributed by atoms with Gasteiger partial charge in [-0.15, -0.1) is 0 Å². The van der Waals surface area contributed by atoms with Crippen molar-refractivity contribution in [3.63, 3.8) is 0 Å². The molecule has 88 valence electrons. The number of hydrogen-bond acceptors (Lipinski definition) is 1. The van der Waals surface area contributed by atoms with Crippen LogP contribution in [0, 0.1) is 47.3 Å². The van der Waals surface area contributed by atoms with Crippen LogP contribution in [-0.4, -0.2) is 12.7 Å². The van der Waals surface area contributed by atoms with Crippen LogP contribution in [0.1, 0.15) is 32.6 Å². The molecule has 1 heterocycles. The third-order valence-corrected chi connectivity index (χ3v) is 7.04. The molecular weight excluding hydrogens is 196 g/mol. The number of epoxide rings is 1. The summed E-state index contributed by atoms with van der Waals surface area (Å²) in [4.78, 5) is 0. The van der Waals surface area contributed by atoms with E-state index in [0.29, 0.717) is 6.10 Å². The van der Waals surface area contributed by atoms with E-state index < -0.39 is 0 Å². The Bertz CT molecular complexity index is 334. The highest BCUT2D eigenvalue weighted by atomic mass is 16.6. The maximum atomic E-state index is 5.59. The van der Waals surface area contributed by atoms with E-state index in [1.54, 1.807) is 19.3 Å². The summed E-state index contributed by atoms with van der Waals surface area (Å²) >= 11 is 0. The maximum absolute atomic E-state index is 5.59. The fourth-order valence-corrected chi connectivity index (χ4v) is 6.71. The van der Waals surface area contributed by atoms with Crippen LogP contribution in [0.5, 0.6) is 0 Å². The summed E-state index contributed by atoms with van der Waals surface area (Å²) in [6.07, 6.45) is 6.98. The molecule has 4 bridgehead atoms. The Morgan fingerprint density at radius 2 is 1.44 bits per heavy atom. The minimum absolute atomic E-state index is 0.701. The molecule has 5 rings (SSSR count). The molecule has 5 fully saturated rings. The van der Waals surface area contributed by atoms with Gasteiger partial charge in [-0.1, -0.05) is 6.92 Å². The van der Waals surface area contributed by atoms with Gasteiger partial charge in [-0.05, 0) is 73.0 Å². The third-order valence-electron chi connectivity index (χ3n) is 7.04. The zero-order valence-electron chi connectivity index (χ0n) is 10.1. The first-order chi connectivity index (χ1) is 7.83. The molecule has 0 N–H and O–H groups in total. The molecule has 0 aromatic rings. The summed E-state index contributed by atoms with van der Waals surface area (Å²) in [7, 11) is 0. The van der Waals surface area contributed by atoms with Crippen LogP contribution in [0.3, 0.4) is 0 Å². The largest absolute Gasteiger partial charge is 0.373 e. The van der Waals surface area contributed by atoms with Gasteiger partial charge >= 0.3 is 0 Å². The van der Waals surface area contributed by atoms with Gasteiger partial charge in [0.25, 0.3) is 0 Å². The van der Waals surface area contributed by atoms with Crippen LogP contribution < -0.4 is 0 Å². The molecule has 1 saturated heterocycles. The van der Waals surface area contributed by atoms with Crippen molar-refractivity contribution < 1.29 is 4.74 Å². The molecule has 9 unspecified atom stereocenters. The summed E-state index contributed by atoms with van der Waals surface area (Å²) in [5.41, 5.74) is 0. The molecule has 0 spiro atoms. The van der Waals surface area contributed by atoms with Gasteiger partial charge in [0.05, 0.1) is 12.7 Å². The van der Waals surface area contributed by atoms with Crippen LogP contribution in [0.2, 0.25) is 0 Å². The third kappa shape index (κ3) is 0.903. The molecule has 4 aliphatic carbocycles. The normalized spacial score (nSPS) is 69.9. The second kappa shape index (κ2) is 2.68. The summed E-state index contributed by atoms with van der Waals surface area (Å²) in [5.74, 6) is 8.81. The Kier molecular flexibility index (Phi) is 1.50. The zero-order valence-corrected chi connectivity index (χ0v) is 10.1. The average Bonchev–Trinajstić information content (AvgIpc) is 2.69. The predicted molar refractivity (Wildman–Crippen MR) is 61.8 cm³/mol. The number of hydrogen-bond donors (Lipinski definition) is 0. The fraction of sp³-hybridized carbons (Fsp3) is 1.00. The SMILES string of the molecule is CC1CC2CC1C1C3CC(C4CO4)C(C3)C21. The standard InChI is InChI=1S/C15H22O/c1-7-2-8-3-10(7)14-9-4-11(13-6-16-13)12(5-9)15(8)14/h7-15H,2-6H2,1H3. The van der Waals surface area contributed by atoms with Gasteiger partial charge in [0.15, 0.2) is 0 Å². The fourth-order valence-electron chi connectivity index (χ4n) is 6.71. The van der Waals surface area contributed by atoms with E-state index in [0.717, 1.165) is 54.0 Å². The lowest BCUT2D eigenvalue weighted by Crippen LogP contribution is -2.36. The molecule has 5 aliphatic rings. The Labute approximate surface area is 97.9 Å². The van der Waals surface area contributed by atoms with E-state index in [2.05, 4.69) is 6.92 Å². The van der Waals surface area contributed by atoms with Gasteiger partial charge in [-0.25, -0.2) is 0 Å². The second-order valence-corrected chi connectivity index (χ2v) is 7.46. The highest BCUT2D eigenvalue weighted by Gasteiger charge is 2.65. The molecule has 4 saturated carbocycles. The topological polar surface area (TPSA) is 12.5 Å². The first kappa shape index (κ1) is 8.97. The maximum Gasteiger partial charge on any atom is 0.0840 e. The van der Waals surface area contributed by atoms with Gasteiger partial charge in [-0.3, -0.25) is 0 Å². The van der Waals surface area contributed by atoms with E-state index in [1.165, 1.54) is 6.42 Å². The minimum Gasteiger partial charge on any atom is -0.373 e. The van der Waals surface area contributed by atoms with Crippen LogP contribution in [0.25, 0.3) is 0 Å². The zero-order chi connectivity index (χ0) is 10.4. The molecular formula is C15H22O. The highest BCUT2D eigenvalue weighted by molar-refractivity contribution is 5.13. The smallest absolute Gasteiger partial charge is 0.0840 e. The van der Waals surface area contributed by atoms with Gasteiger partial charge in [0.2, 0.25) is 0 Å². The number of ether oxygens (including phenoxy) is 1. The van der Waals surface area contributed by atoms with Crippen LogP contribution in [-0.2, 0) is 4.74 Å². The Hall–Kier alpha value is -0.0400. The van der Waals surface area contributed by atoms with Crippen molar-refractivity contribution in [2.45, 2.75) is 38.7 Å². The monoisotopic (exact) mass is 218 g/mol. The Balaban J connectivity index is 1.50. The molecule has 0 radical (unpaired) electrons. The van der Waals surface area contributed by atoms with E-state index in [4.69, 9.17) is 4.74 Å². The van der Waals surface area contributed by atoms with E-state index in [1.807, 2.05) is 0 Å². The molecule has 0 aromatic carbocycles. The van der Waals surface area contributed by atoms with Crippen LogP contribution >= 0.6 is 0 Å². The van der Waals surface area contributed by atoms with Crippen molar-refractivity contribution in [3.8, 4) is 0 Å². The van der Waals surface area contributed by atoms with Crippen molar-refractivity contribution in [2.24, 2.45) is 47.3 Å². The number of fused-ring (bicyclic) bond motifs is 9. The van der Waals surface area contributed by atoms with Crippen LogP contribution in [0.4, 0.5) is 0 Å². The Morgan fingerprint density at radius 1 is 0.812 bits per heavy atom. The quantitative estimate of drug-likeness (QED) is 0.487. The first-order valence-corrected chi connectivity index (χ1v) is 7.44. The lowest BCUT2D eigenvalue weighted by atomic mass is 9.64. The van der Waals surface area contributed by atoms with E-state index in [9.17, 15) is 0 Å². The van der Waals surface area contributed by atoms with E-state index >= 15 is 0 Å². The predicted octanol–water partition coefficient (Wildman–Crippen LogP) is 2.95. The lowest BCUT2D eigenvalue weighted by Gasteiger charge is -2.40. The van der Waals surface area contributed by atoms with Gasteiger partial charge in [0, 0.05) is 0 Å². The average molecular weight is 218 g/mol. The van der Waals surface area contributed by atoms with Crippen LogP contribution in [0.15, 0.2) is 0 Å². The lowest BCUT2D eigenvalue weighted by molar-refractivity contribution is 0.0688. The van der Waals surface area contributed by atoms with E-state index in [-0.39, 0.29) is 0 Å². The summed E-state index contributed by atoms with van der Waals surface area (Å²) in [5, 5.41) is 0. The van der Waals surface area contributed by atoms with Crippen molar-refractivity contribution >= 4 is 0 Å². The van der Waals surface area contributed by atoms with Gasteiger partial charge < -0.3 is 4.74 Å². The molecule has 1 aliphatic heterocycles. The molecule has 16 heavy (non-hydrogen) atoms. The van der Waals surface area contributed by atoms with Crippen molar-refractivity contribution in [1.82, 2.24) is 0 Å². The van der Waals surface area contributed by atoms with Crippen molar-refractivity contribution in [2.75, 3.05) is 6.61 Å². The molecule has 9 atom stereocenters. The number of rotatable bonds is 1. The molecule has 0 amide bonds. The van der Waals surface area contributed by atoms with Gasteiger partial charge in [-0.2, -0.15) is 0 Å². The van der Waals surface area contributed by atoms with Crippen molar-refractivity contribution in [1.29, 1.82) is 0 Å². The molecule has 1 nitrogen and oxygen atoms in total. The Morgan fingerprint density at radius 3 is 2.25 bits per heavy atom. The summed E-state index contributed by atoms with van der Waals surface area (Å²) in [6.45, 7) is 3.62. The van der Waals surface area contributed by atoms with Gasteiger partial charge in [0.1, 0.15) is 0 Å². The summed E-state index contributed by atoms with van der Waals surface area (Å²) < 4.78 is 5.59. The van der Waals surface area contributed by atoms with Crippen molar-refractivity contribution in [3.05, 3.63) is 0 Å². The first-order valence-electron chi connectivity index (χ1n) is 7.44. The molecule has 0 aromatic heterocycles. The summed E-state index contributed by atoms with van der Waals surface area (Å²) in [6, 6.07) is 0. The molecule has 1 heteroatoms. The second-order valence-electron chi connectivity index (χ2n) is 7.46. The highest BCUT2D eigenvalue weighted by Crippen LogP contribution is 2.70. The minimum atomic E-state index is 0.701.